The zero-order valence-electron chi connectivity index (χ0n) is 11.6. The highest BCUT2D eigenvalue weighted by atomic mass is 32.1. The minimum absolute atomic E-state index is 0.201. The van der Waals surface area contributed by atoms with E-state index in [1.54, 1.807) is 17.4 Å². The van der Waals surface area contributed by atoms with Gasteiger partial charge in [-0.3, -0.25) is 0 Å². The molecule has 0 aliphatic heterocycles. The zero-order chi connectivity index (χ0) is 13.8. The van der Waals surface area contributed by atoms with E-state index in [1.807, 2.05) is 19.9 Å². The molecule has 102 valence electrons. The number of rotatable bonds is 5. The molecule has 2 rings (SSSR count). The number of aryl methyl sites for hydroxylation is 2. The van der Waals surface area contributed by atoms with Crippen LogP contribution in [0.5, 0.6) is 0 Å². The van der Waals surface area contributed by atoms with Crippen LogP contribution in [-0.2, 0) is 6.54 Å². The third-order valence-corrected chi connectivity index (χ3v) is 4.15. The third-order valence-electron chi connectivity index (χ3n) is 2.96. The van der Waals surface area contributed by atoms with Crippen LogP contribution >= 0.6 is 11.3 Å². The lowest BCUT2D eigenvalue weighted by Gasteiger charge is -2.01. The van der Waals surface area contributed by atoms with Gasteiger partial charge in [0.15, 0.2) is 0 Å². The molecule has 1 N–H and O–H groups in total. The van der Waals surface area contributed by atoms with Crippen molar-refractivity contribution in [2.45, 2.75) is 33.7 Å². The highest BCUT2D eigenvalue weighted by Gasteiger charge is 2.12. The van der Waals surface area contributed by atoms with E-state index in [-0.39, 0.29) is 5.82 Å². The van der Waals surface area contributed by atoms with Crippen molar-refractivity contribution in [3.05, 3.63) is 40.2 Å². The summed E-state index contributed by atoms with van der Waals surface area (Å²) in [5.74, 6) is -0.201. The monoisotopic (exact) mass is 278 g/mol. The molecule has 0 saturated heterocycles. The Bertz CT molecular complexity index is 563. The van der Waals surface area contributed by atoms with Gasteiger partial charge in [-0.1, -0.05) is 18.6 Å². The van der Waals surface area contributed by atoms with E-state index in [1.165, 1.54) is 10.9 Å². The highest BCUT2D eigenvalue weighted by molar-refractivity contribution is 7.15. The van der Waals surface area contributed by atoms with Crippen molar-refractivity contribution in [2.75, 3.05) is 6.54 Å². The average Bonchev–Trinajstić information content (AvgIpc) is 2.74. The van der Waals surface area contributed by atoms with E-state index in [4.69, 9.17) is 0 Å². The maximum Gasteiger partial charge on any atom is 0.133 e. The van der Waals surface area contributed by atoms with Crippen molar-refractivity contribution in [3.8, 4) is 10.6 Å². The molecule has 2 aromatic rings. The summed E-state index contributed by atoms with van der Waals surface area (Å²) in [6.45, 7) is 7.89. The summed E-state index contributed by atoms with van der Waals surface area (Å²) >= 11 is 1.57. The number of nitrogens with one attached hydrogen (secondary N) is 1. The molecule has 0 aliphatic rings. The highest BCUT2D eigenvalue weighted by Crippen LogP contribution is 2.30. The maximum atomic E-state index is 13.9. The summed E-state index contributed by atoms with van der Waals surface area (Å²) in [6.07, 6.45) is 1.11. The van der Waals surface area contributed by atoms with E-state index in [2.05, 4.69) is 17.2 Å². The summed E-state index contributed by atoms with van der Waals surface area (Å²) in [7, 11) is 0. The Kier molecular flexibility index (Phi) is 4.66. The fourth-order valence-corrected chi connectivity index (χ4v) is 2.94. The molecular weight excluding hydrogens is 259 g/mol. The van der Waals surface area contributed by atoms with Crippen molar-refractivity contribution in [1.82, 2.24) is 10.3 Å². The van der Waals surface area contributed by atoms with E-state index < -0.39 is 0 Å². The Morgan fingerprint density at radius 2 is 2.11 bits per heavy atom. The molecule has 0 amide bonds. The van der Waals surface area contributed by atoms with Gasteiger partial charge in [-0.25, -0.2) is 9.37 Å². The fraction of sp³-hybridized carbons (Fsp3) is 0.400. The predicted molar refractivity (Wildman–Crippen MR) is 79.0 cm³/mol. The van der Waals surface area contributed by atoms with Crippen LogP contribution in [0.15, 0.2) is 18.2 Å². The van der Waals surface area contributed by atoms with Crippen molar-refractivity contribution in [2.24, 2.45) is 0 Å². The van der Waals surface area contributed by atoms with Gasteiger partial charge in [-0.05, 0) is 38.9 Å². The first-order valence-corrected chi connectivity index (χ1v) is 7.37. The molecule has 1 aromatic carbocycles. The Morgan fingerprint density at radius 3 is 2.84 bits per heavy atom. The van der Waals surface area contributed by atoms with Crippen LogP contribution in [0.1, 0.15) is 29.5 Å². The maximum absolute atomic E-state index is 13.9. The van der Waals surface area contributed by atoms with Gasteiger partial charge in [0.25, 0.3) is 0 Å². The minimum Gasteiger partial charge on any atom is -0.312 e. The van der Waals surface area contributed by atoms with Crippen molar-refractivity contribution < 1.29 is 4.39 Å². The molecule has 0 saturated carbocycles. The molecule has 0 fully saturated rings. The van der Waals surface area contributed by atoms with Gasteiger partial charge >= 0.3 is 0 Å². The lowest BCUT2D eigenvalue weighted by atomic mass is 10.1. The van der Waals surface area contributed by atoms with Crippen LogP contribution in [0, 0.1) is 19.7 Å². The lowest BCUT2D eigenvalue weighted by Crippen LogP contribution is -2.13. The summed E-state index contributed by atoms with van der Waals surface area (Å²) in [5.41, 5.74) is 2.65. The molecule has 4 heteroatoms. The Balaban J connectivity index is 2.26. The molecule has 0 spiro atoms. The van der Waals surface area contributed by atoms with Gasteiger partial charge in [0, 0.05) is 17.0 Å². The average molecular weight is 278 g/mol. The van der Waals surface area contributed by atoms with E-state index in [0.29, 0.717) is 5.56 Å². The second-order valence-corrected chi connectivity index (χ2v) is 5.77. The van der Waals surface area contributed by atoms with E-state index in [9.17, 15) is 4.39 Å². The number of aromatic nitrogens is 1. The second-order valence-electron chi connectivity index (χ2n) is 4.69. The number of halogens is 1. The molecule has 0 atom stereocenters. The van der Waals surface area contributed by atoms with Crippen molar-refractivity contribution >= 4 is 11.3 Å². The number of hydrogen-bond acceptors (Lipinski definition) is 3. The van der Waals surface area contributed by atoms with Crippen LogP contribution in [0.2, 0.25) is 0 Å². The second kappa shape index (κ2) is 6.26. The molecule has 1 aromatic heterocycles. The molecule has 0 bridgehead atoms. The molecule has 0 aliphatic carbocycles. The summed E-state index contributed by atoms with van der Waals surface area (Å²) in [5, 5.41) is 4.13. The first kappa shape index (κ1) is 14.2. The lowest BCUT2D eigenvalue weighted by molar-refractivity contribution is 0.630. The summed E-state index contributed by atoms with van der Waals surface area (Å²) in [4.78, 5) is 5.68. The van der Waals surface area contributed by atoms with Crippen LogP contribution in [-0.4, -0.2) is 11.5 Å². The molecule has 1 heterocycles. The first-order valence-electron chi connectivity index (χ1n) is 6.55. The van der Waals surface area contributed by atoms with Crippen molar-refractivity contribution in [1.29, 1.82) is 0 Å². The predicted octanol–water partition coefficient (Wildman–Crippen LogP) is 4.07. The molecule has 0 radical (unpaired) electrons. The van der Waals surface area contributed by atoms with Gasteiger partial charge in [-0.15, -0.1) is 11.3 Å². The number of benzene rings is 1. The Hall–Kier alpha value is -1.26. The van der Waals surface area contributed by atoms with Crippen LogP contribution < -0.4 is 5.32 Å². The van der Waals surface area contributed by atoms with Gasteiger partial charge in [0.05, 0.1) is 5.69 Å². The molecule has 0 unspecified atom stereocenters. The van der Waals surface area contributed by atoms with Gasteiger partial charge in [-0.2, -0.15) is 0 Å². The van der Waals surface area contributed by atoms with Gasteiger partial charge in [0.1, 0.15) is 10.8 Å². The minimum atomic E-state index is -0.201. The Labute approximate surface area is 117 Å². The topological polar surface area (TPSA) is 24.9 Å². The number of thiazole rings is 1. The van der Waals surface area contributed by atoms with Gasteiger partial charge < -0.3 is 5.32 Å². The van der Waals surface area contributed by atoms with Crippen LogP contribution in [0.25, 0.3) is 10.6 Å². The largest absolute Gasteiger partial charge is 0.312 e. The van der Waals surface area contributed by atoms with Crippen molar-refractivity contribution in [3.63, 3.8) is 0 Å². The normalized spacial score (nSPS) is 10.9. The van der Waals surface area contributed by atoms with Crippen LogP contribution in [0.3, 0.4) is 0 Å². The molecule has 19 heavy (non-hydrogen) atoms. The zero-order valence-corrected chi connectivity index (χ0v) is 12.4. The molecule has 2 nitrogen and oxygen atoms in total. The Morgan fingerprint density at radius 1 is 1.32 bits per heavy atom. The van der Waals surface area contributed by atoms with E-state index in [0.717, 1.165) is 35.8 Å². The summed E-state index contributed by atoms with van der Waals surface area (Å²) < 4.78 is 13.9. The quantitative estimate of drug-likeness (QED) is 0.834. The third kappa shape index (κ3) is 3.39. The fourth-order valence-electron chi connectivity index (χ4n) is 1.89. The number of hydrogen-bond donors (Lipinski definition) is 1. The van der Waals surface area contributed by atoms with Crippen LogP contribution in [0.4, 0.5) is 4.39 Å². The van der Waals surface area contributed by atoms with E-state index >= 15 is 0 Å². The first-order chi connectivity index (χ1) is 9.11. The van der Waals surface area contributed by atoms with Gasteiger partial charge in [0.2, 0.25) is 0 Å². The smallest absolute Gasteiger partial charge is 0.133 e. The number of nitrogens with zero attached hydrogens (tertiary/aromatic N) is 1. The SMILES string of the molecule is CCCNCc1sc(-c2cc(C)ccc2F)nc1C. The molecular formula is C15H19FN2S. The standard InChI is InChI=1S/C15H19FN2S/c1-4-7-17-9-14-11(3)18-15(19-14)12-8-10(2)5-6-13(12)16/h5-6,8,17H,4,7,9H2,1-3H3. The summed E-state index contributed by atoms with van der Waals surface area (Å²) in [6, 6.07) is 5.15.